The second kappa shape index (κ2) is 18.0. The van der Waals surface area contributed by atoms with E-state index in [1.807, 2.05) is 0 Å². The number of anilines is 1. The minimum atomic E-state index is -0.471. The third-order valence-corrected chi connectivity index (χ3v) is 4.95. The average molecular weight is 504 g/mol. The number of nitrogens with one attached hydrogen (secondary N) is 3. The van der Waals surface area contributed by atoms with Gasteiger partial charge < -0.3 is 25.5 Å². The Morgan fingerprint density at radius 2 is 1.39 bits per heavy atom. The lowest BCUT2D eigenvalue weighted by Crippen LogP contribution is -2.30. The molecule has 1 rings (SSSR count). The van der Waals surface area contributed by atoms with Gasteiger partial charge in [0.1, 0.15) is 23.8 Å². The first kappa shape index (κ1) is 30.6. The number of hydrogen-bond acceptors (Lipinski definition) is 7. The monoisotopic (exact) mass is 503 g/mol. The van der Waals surface area contributed by atoms with Crippen LogP contribution in [-0.2, 0) is 39.9 Å². The molecule has 0 unspecified atom stereocenters. The fourth-order valence-electron chi connectivity index (χ4n) is 3.20. The topological polar surface area (TPSA) is 148 Å². The van der Waals surface area contributed by atoms with Crippen LogP contribution in [0.3, 0.4) is 0 Å². The number of benzene rings is 1. The van der Waals surface area contributed by atoms with Gasteiger partial charge in [-0.05, 0) is 50.8 Å². The molecule has 0 radical (unpaired) electrons. The summed E-state index contributed by atoms with van der Waals surface area (Å²) < 4.78 is 5.39. The number of ether oxygens (including phenoxy) is 1. The minimum absolute atomic E-state index is 0.0585. The highest BCUT2D eigenvalue weighted by molar-refractivity contribution is 6.03. The third-order valence-electron chi connectivity index (χ3n) is 4.95. The largest absolute Gasteiger partial charge is 0.380 e. The van der Waals surface area contributed by atoms with Crippen molar-refractivity contribution in [2.75, 3.05) is 31.6 Å². The van der Waals surface area contributed by atoms with Crippen LogP contribution in [0.5, 0.6) is 0 Å². The number of carbonyl (C=O) groups excluding carboxylic acids is 6. The summed E-state index contributed by atoms with van der Waals surface area (Å²) >= 11 is 0. The van der Waals surface area contributed by atoms with E-state index in [9.17, 15) is 28.8 Å². The molecule has 198 valence electrons. The van der Waals surface area contributed by atoms with Crippen molar-refractivity contribution in [3.05, 3.63) is 29.8 Å². The Morgan fingerprint density at radius 3 is 2.06 bits per heavy atom. The number of amides is 3. The Kier molecular flexibility index (Phi) is 15.3. The van der Waals surface area contributed by atoms with E-state index in [0.29, 0.717) is 38.1 Å². The van der Waals surface area contributed by atoms with Crippen molar-refractivity contribution in [3.8, 4) is 0 Å². The maximum Gasteiger partial charge on any atom is 0.233 e. The molecule has 0 aliphatic heterocycles. The van der Waals surface area contributed by atoms with Crippen molar-refractivity contribution in [1.82, 2.24) is 10.6 Å². The molecule has 1 aromatic carbocycles. The van der Waals surface area contributed by atoms with Gasteiger partial charge in [0, 0.05) is 44.6 Å². The van der Waals surface area contributed by atoms with Crippen LogP contribution in [0.1, 0.15) is 64.4 Å². The third kappa shape index (κ3) is 16.3. The Bertz CT molecular complexity index is 897. The fourth-order valence-corrected chi connectivity index (χ4v) is 3.20. The molecule has 3 amide bonds. The van der Waals surface area contributed by atoms with Crippen LogP contribution >= 0.6 is 0 Å². The number of carbonyl (C=O) groups is 6. The van der Waals surface area contributed by atoms with Crippen molar-refractivity contribution in [1.29, 1.82) is 0 Å². The van der Waals surface area contributed by atoms with Crippen LogP contribution < -0.4 is 16.0 Å². The highest BCUT2D eigenvalue weighted by Crippen LogP contribution is 2.11. The van der Waals surface area contributed by atoms with E-state index in [4.69, 9.17) is 4.74 Å². The summed E-state index contributed by atoms with van der Waals surface area (Å²) in [4.78, 5) is 69.2. The molecule has 0 atom stereocenters. The van der Waals surface area contributed by atoms with Crippen LogP contribution in [0.2, 0.25) is 0 Å². The summed E-state index contributed by atoms with van der Waals surface area (Å²) in [5, 5.41) is 8.02. The number of ketones is 3. The van der Waals surface area contributed by atoms with Gasteiger partial charge in [-0.2, -0.15) is 0 Å². The Morgan fingerprint density at radius 1 is 0.694 bits per heavy atom. The molecule has 0 spiro atoms. The van der Waals surface area contributed by atoms with Gasteiger partial charge in [0.15, 0.2) is 0 Å². The number of hydrogen-bond donors (Lipinski definition) is 3. The quantitative estimate of drug-likeness (QED) is 0.193. The van der Waals surface area contributed by atoms with E-state index in [2.05, 4.69) is 16.0 Å². The SMILES string of the molecule is CC(=O)CCCCNC(=O)CCCOCCNC(=O)CC(=O)Nc1ccc(CC(=O)CC(C)=O)cc1. The van der Waals surface area contributed by atoms with Crippen molar-refractivity contribution >= 4 is 40.8 Å². The van der Waals surface area contributed by atoms with Gasteiger partial charge in [0.05, 0.1) is 13.0 Å². The molecule has 0 saturated carbocycles. The van der Waals surface area contributed by atoms with Crippen LogP contribution in [-0.4, -0.2) is 61.4 Å². The molecule has 0 aliphatic rings. The van der Waals surface area contributed by atoms with E-state index >= 15 is 0 Å². The summed E-state index contributed by atoms with van der Waals surface area (Å²) in [5.41, 5.74) is 1.23. The molecule has 0 aliphatic carbocycles. The molecule has 10 nitrogen and oxygen atoms in total. The van der Waals surface area contributed by atoms with E-state index in [1.165, 1.54) is 6.92 Å². The lowest BCUT2D eigenvalue weighted by molar-refractivity contribution is -0.128. The lowest BCUT2D eigenvalue weighted by Gasteiger charge is -2.08. The number of unbranched alkanes of at least 4 members (excludes halogenated alkanes) is 1. The van der Waals surface area contributed by atoms with Gasteiger partial charge in [-0.1, -0.05) is 12.1 Å². The highest BCUT2D eigenvalue weighted by atomic mass is 16.5. The molecular weight excluding hydrogens is 466 g/mol. The molecule has 36 heavy (non-hydrogen) atoms. The molecule has 0 saturated heterocycles. The van der Waals surface area contributed by atoms with Gasteiger partial charge >= 0.3 is 0 Å². The molecule has 1 aromatic rings. The number of Topliss-reactive ketones (excluding diaryl/α,β-unsaturated/α-hetero) is 3. The Hall–Kier alpha value is -3.40. The van der Waals surface area contributed by atoms with Crippen molar-refractivity contribution in [2.24, 2.45) is 0 Å². The summed E-state index contributed by atoms with van der Waals surface area (Å²) in [7, 11) is 0. The van der Waals surface area contributed by atoms with Crippen LogP contribution in [0.4, 0.5) is 5.69 Å². The molecule has 10 heteroatoms. The molecular formula is C26H37N3O7. The first-order valence-electron chi connectivity index (χ1n) is 12.2. The lowest BCUT2D eigenvalue weighted by atomic mass is 10.1. The zero-order valence-corrected chi connectivity index (χ0v) is 21.2. The Labute approximate surface area is 211 Å². The van der Waals surface area contributed by atoms with E-state index in [1.54, 1.807) is 31.2 Å². The van der Waals surface area contributed by atoms with Crippen molar-refractivity contribution < 1.29 is 33.5 Å². The zero-order chi connectivity index (χ0) is 26.8. The first-order valence-corrected chi connectivity index (χ1v) is 12.2. The van der Waals surface area contributed by atoms with E-state index in [-0.39, 0.29) is 55.7 Å². The standard InChI is InChI=1S/C26H37N3O7/c1-19(30)6-3-4-12-27-24(33)7-5-14-36-15-13-28-25(34)18-26(35)29-22-10-8-21(9-11-22)17-23(32)16-20(2)31/h8-11H,3-7,12-18H2,1-2H3,(H,27,33)(H,28,34)(H,29,35). The van der Waals surface area contributed by atoms with E-state index in [0.717, 1.165) is 18.4 Å². The predicted molar refractivity (Wildman–Crippen MR) is 134 cm³/mol. The molecule has 0 heterocycles. The second-order valence-corrected chi connectivity index (χ2v) is 8.59. The fraction of sp³-hybridized carbons (Fsp3) is 0.538. The highest BCUT2D eigenvalue weighted by Gasteiger charge is 2.10. The summed E-state index contributed by atoms with van der Waals surface area (Å²) in [6.07, 6.45) is 2.69. The van der Waals surface area contributed by atoms with Crippen LogP contribution in [0.15, 0.2) is 24.3 Å². The number of rotatable bonds is 19. The first-order chi connectivity index (χ1) is 17.2. The molecule has 0 aromatic heterocycles. The van der Waals surface area contributed by atoms with E-state index < -0.39 is 11.8 Å². The van der Waals surface area contributed by atoms with Crippen LogP contribution in [0.25, 0.3) is 0 Å². The summed E-state index contributed by atoms with van der Waals surface area (Å²) in [6.45, 7) is 4.37. The molecule has 3 N–H and O–H groups in total. The van der Waals surface area contributed by atoms with Crippen molar-refractivity contribution in [3.63, 3.8) is 0 Å². The normalized spacial score (nSPS) is 10.4. The summed E-state index contributed by atoms with van der Waals surface area (Å²) in [6, 6.07) is 6.64. The van der Waals surface area contributed by atoms with Gasteiger partial charge in [0.25, 0.3) is 0 Å². The molecule has 0 fully saturated rings. The smallest absolute Gasteiger partial charge is 0.233 e. The zero-order valence-electron chi connectivity index (χ0n) is 21.2. The van der Waals surface area contributed by atoms with Crippen LogP contribution in [0, 0.1) is 0 Å². The van der Waals surface area contributed by atoms with Crippen molar-refractivity contribution in [2.45, 2.75) is 65.2 Å². The van der Waals surface area contributed by atoms with Gasteiger partial charge in [-0.15, -0.1) is 0 Å². The average Bonchev–Trinajstić information content (AvgIpc) is 2.78. The maximum atomic E-state index is 12.0. The van der Waals surface area contributed by atoms with Gasteiger partial charge in [-0.3, -0.25) is 24.0 Å². The Balaban J connectivity index is 2.09. The summed E-state index contributed by atoms with van der Waals surface area (Å²) in [5.74, 6) is -1.16. The minimum Gasteiger partial charge on any atom is -0.380 e. The second-order valence-electron chi connectivity index (χ2n) is 8.59. The molecule has 0 bridgehead atoms. The van der Waals surface area contributed by atoms with Gasteiger partial charge in [-0.25, -0.2) is 0 Å². The predicted octanol–water partition coefficient (Wildman–Crippen LogP) is 1.89. The van der Waals surface area contributed by atoms with Gasteiger partial charge in [0.2, 0.25) is 17.7 Å². The maximum absolute atomic E-state index is 12.0.